The molecule has 0 saturated carbocycles. The summed E-state index contributed by atoms with van der Waals surface area (Å²) in [6.45, 7) is 0.432. The minimum Gasteiger partial charge on any atom is -0.488 e. The predicted molar refractivity (Wildman–Crippen MR) is 140 cm³/mol. The summed E-state index contributed by atoms with van der Waals surface area (Å²) in [6, 6.07) is 29.7. The van der Waals surface area contributed by atoms with Crippen LogP contribution < -0.4 is 10.1 Å². The van der Waals surface area contributed by atoms with Crippen LogP contribution in [0.3, 0.4) is 0 Å². The monoisotopic (exact) mass is 514 g/mol. The van der Waals surface area contributed by atoms with E-state index in [0.717, 1.165) is 37.8 Å². The van der Waals surface area contributed by atoms with Crippen LogP contribution in [-0.4, -0.2) is 11.1 Å². The molecule has 1 saturated heterocycles. The largest absolute Gasteiger partial charge is 0.488 e. The average Bonchev–Trinajstić information content (AvgIpc) is 3.18. The number of amidine groups is 1. The lowest BCUT2D eigenvalue weighted by Crippen LogP contribution is -2.19. The highest BCUT2D eigenvalue weighted by atomic mass is 79.9. The third-order valence-electron chi connectivity index (χ3n) is 5.15. The number of halogens is 1. The Hall–Kier alpha value is -3.35. The number of amides is 1. The van der Waals surface area contributed by atoms with Gasteiger partial charge in [0.05, 0.1) is 10.6 Å². The molecule has 1 N–H and O–H groups in total. The van der Waals surface area contributed by atoms with Crippen LogP contribution in [-0.2, 0) is 11.4 Å². The molecular weight excluding hydrogens is 496 g/mol. The summed E-state index contributed by atoms with van der Waals surface area (Å²) in [7, 11) is 0. The second-order valence-electron chi connectivity index (χ2n) is 7.43. The summed E-state index contributed by atoms with van der Waals surface area (Å²) in [4.78, 5) is 17.8. The second kappa shape index (κ2) is 9.65. The number of hydrogen-bond donors (Lipinski definition) is 1. The van der Waals surface area contributed by atoms with Crippen LogP contribution in [0.5, 0.6) is 5.75 Å². The Bertz CT molecular complexity index is 1380. The minimum atomic E-state index is -0.165. The molecule has 1 fully saturated rings. The van der Waals surface area contributed by atoms with E-state index in [9.17, 15) is 4.79 Å². The summed E-state index contributed by atoms with van der Waals surface area (Å²) in [5.74, 6) is 0.562. The molecule has 1 aliphatic heterocycles. The molecule has 1 amide bonds. The number of nitrogens with zero attached hydrogens (tertiary/aromatic N) is 1. The van der Waals surface area contributed by atoms with Crippen LogP contribution in [0.25, 0.3) is 16.8 Å². The molecule has 4 nitrogen and oxygen atoms in total. The molecule has 0 atom stereocenters. The van der Waals surface area contributed by atoms with Gasteiger partial charge in [0.25, 0.3) is 5.91 Å². The molecule has 6 heteroatoms. The maximum atomic E-state index is 12.7. The maximum absolute atomic E-state index is 12.7. The molecule has 0 unspecified atom stereocenters. The molecule has 162 valence electrons. The fourth-order valence-electron chi connectivity index (χ4n) is 3.52. The average molecular weight is 515 g/mol. The highest BCUT2D eigenvalue weighted by molar-refractivity contribution is 9.10. The molecule has 0 aromatic heterocycles. The first-order chi connectivity index (χ1) is 16.2. The Morgan fingerprint density at radius 1 is 0.909 bits per heavy atom. The van der Waals surface area contributed by atoms with Gasteiger partial charge in [-0.1, -0.05) is 76.6 Å². The van der Waals surface area contributed by atoms with Crippen LogP contribution in [0.2, 0.25) is 0 Å². The molecule has 0 aliphatic carbocycles. The molecule has 5 rings (SSSR count). The molecule has 33 heavy (non-hydrogen) atoms. The van der Waals surface area contributed by atoms with Crippen molar-refractivity contribution in [3.05, 3.63) is 112 Å². The zero-order chi connectivity index (χ0) is 22.6. The zero-order valence-corrected chi connectivity index (χ0v) is 19.9. The van der Waals surface area contributed by atoms with E-state index in [-0.39, 0.29) is 5.91 Å². The molecule has 0 radical (unpaired) electrons. The Morgan fingerprint density at radius 2 is 1.67 bits per heavy atom. The first-order valence-corrected chi connectivity index (χ1v) is 12.0. The van der Waals surface area contributed by atoms with Crippen molar-refractivity contribution in [2.75, 3.05) is 0 Å². The molecular formula is C27H19BrN2O2S. The van der Waals surface area contributed by atoms with Gasteiger partial charge in [0.15, 0.2) is 5.17 Å². The maximum Gasteiger partial charge on any atom is 0.264 e. The number of benzene rings is 4. The van der Waals surface area contributed by atoms with Gasteiger partial charge in [0, 0.05) is 10.0 Å². The zero-order valence-electron chi connectivity index (χ0n) is 17.5. The quantitative estimate of drug-likeness (QED) is 0.289. The Labute approximate surface area is 204 Å². The van der Waals surface area contributed by atoms with E-state index >= 15 is 0 Å². The van der Waals surface area contributed by atoms with Gasteiger partial charge in [-0.25, -0.2) is 4.99 Å². The van der Waals surface area contributed by atoms with Crippen LogP contribution >= 0.6 is 27.7 Å². The number of thioether (sulfide) groups is 1. The van der Waals surface area contributed by atoms with E-state index in [1.807, 2.05) is 91.0 Å². The number of hydrogen-bond acceptors (Lipinski definition) is 4. The normalized spacial score (nSPS) is 15.8. The number of fused-ring (bicyclic) bond motifs is 1. The number of carbonyl (C=O) groups excluding carboxylic acids is 1. The Kier molecular flexibility index (Phi) is 6.28. The van der Waals surface area contributed by atoms with Crippen molar-refractivity contribution < 1.29 is 9.53 Å². The van der Waals surface area contributed by atoms with E-state index in [4.69, 9.17) is 4.74 Å². The van der Waals surface area contributed by atoms with Gasteiger partial charge >= 0.3 is 0 Å². The van der Waals surface area contributed by atoms with Gasteiger partial charge in [-0.3, -0.25) is 4.79 Å². The van der Waals surface area contributed by atoms with Crippen molar-refractivity contribution in [3.63, 3.8) is 0 Å². The Morgan fingerprint density at radius 3 is 2.48 bits per heavy atom. The van der Waals surface area contributed by atoms with Crippen LogP contribution in [0.1, 0.15) is 11.1 Å². The van der Waals surface area contributed by atoms with Crippen LogP contribution in [0, 0.1) is 0 Å². The minimum absolute atomic E-state index is 0.165. The number of nitrogens with one attached hydrogen (secondary N) is 1. The number of ether oxygens (including phenoxy) is 1. The van der Waals surface area contributed by atoms with Gasteiger partial charge in [-0.05, 0) is 64.5 Å². The number of para-hydroxylation sites is 1. The molecule has 1 aliphatic rings. The lowest BCUT2D eigenvalue weighted by molar-refractivity contribution is -0.115. The van der Waals surface area contributed by atoms with E-state index in [1.165, 1.54) is 11.8 Å². The van der Waals surface area contributed by atoms with Crippen LogP contribution in [0.15, 0.2) is 105 Å². The number of aliphatic imine (C=N–C) groups is 1. The molecule has 4 aromatic carbocycles. The molecule has 0 spiro atoms. The smallest absolute Gasteiger partial charge is 0.264 e. The highest BCUT2D eigenvalue weighted by Crippen LogP contribution is 2.35. The van der Waals surface area contributed by atoms with E-state index in [1.54, 1.807) is 0 Å². The number of rotatable bonds is 5. The predicted octanol–water partition coefficient (Wildman–Crippen LogP) is 7.07. The SMILES string of the molecule is O=C1NC(=Nc2ccccc2)S/C1=C\c1c(OCc2ccc(Br)cc2)ccc2ccccc12. The third kappa shape index (κ3) is 5.02. The first kappa shape index (κ1) is 21.5. The summed E-state index contributed by atoms with van der Waals surface area (Å²) in [5.41, 5.74) is 2.74. The number of carbonyl (C=O) groups is 1. The summed E-state index contributed by atoms with van der Waals surface area (Å²) < 4.78 is 7.24. The fourth-order valence-corrected chi connectivity index (χ4v) is 4.61. The highest BCUT2D eigenvalue weighted by Gasteiger charge is 2.24. The van der Waals surface area contributed by atoms with Gasteiger partial charge in [-0.15, -0.1) is 0 Å². The standard InChI is InChI=1S/C27H19BrN2O2S/c28-20-13-10-18(11-14-20)17-32-24-15-12-19-6-4-5-9-22(19)23(24)16-25-26(31)30-27(33-25)29-21-7-2-1-3-8-21/h1-16H,17H2,(H,29,30,31)/b25-16-. The Balaban J connectivity index is 1.49. The van der Waals surface area contributed by atoms with E-state index < -0.39 is 0 Å². The van der Waals surface area contributed by atoms with Crippen LogP contribution in [0.4, 0.5) is 5.69 Å². The van der Waals surface area contributed by atoms with Gasteiger partial charge in [0.2, 0.25) is 0 Å². The third-order valence-corrected chi connectivity index (χ3v) is 6.59. The molecule has 1 heterocycles. The topological polar surface area (TPSA) is 50.7 Å². The summed E-state index contributed by atoms with van der Waals surface area (Å²) >= 11 is 4.79. The van der Waals surface area contributed by atoms with Crippen molar-refractivity contribution in [2.24, 2.45) is 4.99 Å². The van der Waals surface area contributed by atoms with Crippen molar-refractivity contribution in [2.45, 2.75) is 6.61 Å². The molecule has 0 bridgehead atoms. The van der Waals surface area contributed by atoms with Gasteiger partial charge in [0.1, 0.15) is 12.4 Å². The van der Waals surface area contributed by atoms with Gasteiger partial charge in [-0.2, -0.15) is 0 Å². The summed E-state index contributed by atoms with van der Waals surface area (Å²) in [5, 5.41) is 5.54. The fraction of sp³-hybridized carbons (Fsp3) is 0.0370. The first-order valence-electron chi connectivity index (χ1n) is 10.4. The molecule has 4 aromatic rings. The van der Waals surface area contributed by atoms with Crippen molar-refractivity contribution in [1.29, 1.82) is 0 Å². The lowest BCUT2D eigenvalue weighted by Gasteiger charge is -2.13. The second-order valence-corrected chi connectivity index (χ2v) is 9.38. The van der Waals surface area contributed by atoms with Gasteiger partial charge < -0.3 is 10.1 Å². The van der Waals surface area contributed by atoms with Crippen molar-refractivity contribution in [1.82, 2.24) is 5.32 Å². The summed E-state index contributed by atoms with van der Waals surface area (Å²) in [6.07, 6.45) is 1.90. The lowest BCUT2D eigenvalue weighted by atomic mass is 10.0. The van der Waals surface area contributed by atoms with E-state index in [0.29, 0.717) is 16.7 Å². The van der Waals surface area contributed by atoms with E-state index in [2.05, 4.69) is 32.3 Å². The van der Waals surface area contributed by atoms with Crippen molar-refractivity contribution in [3.8, 4) is 5.75 Å². The van der Waals surface area contributed by atoms with Crippen molar-refractivity contribution >= 4 is 61.3 Å².